The Labute approximate surface area is 240 Å². The quantitative estimate of drug-likeness (QED) is 0.306. The van der Waals surface area contributed by atoms with Crippen molar-refractivity contribution in [1.82, 2.24) is 9.13 Å². The van der Waals surface area contributed by atoms with E-state index in [1.807, 2.05) is 30.6 Å². The Bertz CT molecular complexity index is 1860. The monoisotopic (exact) mass is 575 g/mol. The molecule has 1 aliphatic heterocycles. The minimum atomic E-state index is -0.819. The van der Waals surface area contributed by atoms with Gasteiger partial charge in [-0.3, -0.25) is 9.36 Å². The van der Waals surface area contributed by atoms with Crippen LogP contribution in [-0.2, 0) is 9.53 Å². The molecule has 10 heteroatoms. The maximum absolute atomic E-state index is 14.1. The molecule has 0 N–H and O–H groups in total. The number of rotatable bonds is 7. The summed E-state index contributed by atoms with van der Waals surface area (Å²) in [4.78, 5) is 32.4. The van der Waals surface area contributed by atoms with Crippen LogP contribution in [0.3, 0.4) is 0 Å². The lowest BCUT2D eigenvalue weighted by atomic mass is 9.95. The summed E-state index contributed by atoms with van der Waals surface area (Å²) in [6.07, 6.45) is 1.83. The highest BCUT2D eigenvalue weighted by molar-refractivity contribution is 7.07. The number of thiazole rings is 1. The number of carbonyl (C=O) groups excluding carboxylic acids is 1. The molecule has 0 saturated carbocycles. The van der Waals surface area contributed by atoms with Crippen molar-refractivity contribution in [3.05, 3.63) is 108 Å². The standard InChI is InChI=1S/C31H30FN3O5S/c1-7-40-30(37)27-18(3)33-31-35(28(27)24-13-12-23(38-5)16-25(24)39-6)29(36)26(41-31)15-20-14-17(2)34(19(20)4)22-10-8-21(32)9-11-22/h8-16,28H,7H2,1-6H3/b26-15+. The molecule has 0 aliphatic carbocycles. The first-order valence-electron chi connectivity index (χ1n) is 13.0. The Morgan fingerprint density at radius 3 is 2.46 bits per heavy atom. The number of nitrogens with zero attached hydrogens (tertiary/aromatic N) is 3. The van der Waals surface area contributed by atoms with Gasteiger partial charge in [-0.1, -0.05) is 11.3 Å². The molecule has 41 heavy (non-hydrogen) atoms. The minimum absolute atomic E-state index is 0.177. The summed E-state index contributed by atoms with van der Waals surface area (Å²) in [5.74, 6) is 0.183. The van der Waals surface area contributed by atoms with E-state index in [9.17, 15) is 14.0 Å². The SMILES string of the molecule is CCOC(=O)C1=C(C)N=c2s/c(=C/c3cc(C)n(-c4ccc(F)cc4)c3C)c(=O)n2C1c1ccc(OC)cc1OC. The summed E-state index contributed by atoms with van der Waals surface area (Å²) in [6, 6.07) is 12.7. The van der Waals surface area contributed by atoms with Crippen molar-refractivity contribution in [1.29, 1.82) is 0 Å². The zero-order valence-corrected chi connectivity index (χ0v) is 24.5. The molecule has 5 rings (SSSR count). The van der Waals surface area contributed by atoms with Gasteiger partial charge >= 0.3 is 5.97 Å². The first kappa shape index (κ1) is 28.1. The molecule has 0 amide bonds. The molecule has 0 fully saturated rings. The van der Waals surface area contributed by atoms with Crippen molar-refractivity contribution in [2.45, 2.75) is 33.7 Å². The number of fused-ring (bicyclic) bond motifs is 1. The highest BCUT2D eigenvalue weighted by atomic mass is 32.1. The number of halogens is 1. The van der Waals surface area contributed by atoms with Gasteiger partial charge < -0.3 is 18.8 Å². The van der Waals surface area contributed by atoms with E-state index in [0.717, 1.165) is 22.6 Å². The van der Waals surface area contributed by atoms with E-state index in [2.05, 4.69) is 4.99 Å². The fourth-order valence-corrected chi connectivity index (χ4v) is 6.23. The highest BCUT2D eigenvalue weighted by Gasteiger charge is 2.35. The zero-order chi connectivity index (χ0) is 29.4. The Balaban J connectivity index is 1.72. The van der Waals surface area contributed by atoms with E-state index >= 15 is 0 Å². The van der Waals surface area contributed by atoms with E-state index in [0.29, 0.717) is 32.1 Å². The van der Waals surface area contributed by atoms with Crippen molar-refractivity contribution >= 4 is 23.4 Å². The van der Waals surface area contributed by atoms with Crippen molar-refractivity contribution in [3.63, 3.8) is 0 Å². The number of esters is 1. The summed E-state index contributed by atoms with van der Waals surface area (Å²) in [5.41, 5.74) is 4.55. The third-order valence-electron chi connectivity index (χ3n) is 7.09. The Hall–Kier alpha value is -4.44. The third kappa shape index (κ3) is 4.99. The second-order valence-corrected chi connectivity index (χ2v) is 10.6. The van der Waals surface area contributed by atoms with E-state index in [1.165, 1.54) is 35.1 Å². The van der Waals surface area contributed by atoms with Crippen LogP contribution in [0.15, 0.2) is 69.6 Å². The van der Waals surface area contributed by atoms with E-state index in [4.69, 9.17) is 14.2 Å². The number of allylic oxidation sites excluding steroid dienone is 1. The lowest BCUT2D eigenvalue weighted by Crippen LogP contribution is -2.40. The van der Waals surface area contributed by atoms with E-state index < -0.39 is 12.0 Å². The Morgan fingerprint density at radius 2 is 1.80 bits per heavy atom. The Morgan fingerprint density at radius 1 is 1.07 bits per heavy atom. The molecule has 1 atom stereocenters. The molecule has 1 unspecified atom stereocenters. The molecule has 8 nitrogen and oxygen atoms in total. The first-order valence-corrected chi connectivity index (χ1v) is 13.9. The second kappa shape index (κ2) is 11.2. The third-order valence-corrected chi connectivity index (χ3v) is 8.08. The van der Waals surface area contributed by atoms with Gasteiger partial charge in [-0.05, 0) is 81.8 Å². The van der Waals surface area contributed by atoms with Crippen LogP contribution < -0.4 is 24.4 Å². The molecule has 3 heterocycles. The van der Waals surface area contributed by atoms with Crippen molar-refractivity contribution in [2.75, 3.05) is 20.8 Å². The summed E-state index contributed by atoms with van der Waals surface area (Å²) in [7, 11) is 3.08. The number of ether oxygens (including phenoxy) is 3. The summed E-state index contributed by atoms with van der Waals surface area (Å²) in [6.45, 7) is 7.56. The van der Waals surface area contributed by atoms with Crippen LogP contribution in [0.4, 0.5) is 4.39 Å². The summed E-state index contributed by atoms with van der Waals surface area (Å²) >= 11 is 1.25. The van der Waals surface area contributed by atoms with Gasteiger partial charge in [0.2, 0.25) is 0 Å². The van der Waals surface area contributed by atoms with Gasteiger partial charge in [-0.2, -0.15) is 0 Å². The average Bonchev–Trinajstić information content (AvgIpc) is 3.41. The van der Waals surface area contributed by atoms with Crippen LogP contribution in [-0.4, -0.2) is 35.9 Å². The minimum Gasteiger partial charge on any atom is -0.497 e. The van der Waals surface area contributed by atoms with Crippen molar-refractivity contribution < 1.29 is 23.4 Å². The molecule has 0 radical (unpaired) electrons. The normalized spacial score (nSPS) is 15.0. The molecule has 2 aromatic carbocycles. The number of aryl methyl sites for hydroxylation is 1. The lowest BCUT2D eigenvalue weighted by molar-refractivity contribution is -0.139. The first-order chi connectivity index (χ1) is 19.7. The highest BCUT2D eigenvalue weighted by Crippen LogP contribution is 2.37. The molecule has 0 spiro atoms. The number of hydrogen-bond donors (Lipinski definition) is 0. The summed E-state index contributed by atoms with van der Waals surface area (Å²) < 4.78 is 34.0. The largest absolute Gasteiger partial charge is 0.497 e. The predicted molar refractivity (Wildman–Crippen MR) is 155 cm³/mol. The van der Waals surface area contributed by atoms with Gasteiger partial charge in [0.15, 0.2) is 4.80 Å². The van der Waals surface area contributed by atoms with Gasteiger partial charge in [-0.15, -0.1) is 0 Å². The smallest absolute Gasteiger partial charge is 0.338 e. The molecule has 2 aromatic heterocycles. The van der Waals surface area contributed by atoms with Crippen LogP contribution in [0, 0.1) is 19.7 Å². The van der Waals surface area contributed by atoms with Crippen molar-refractivity contribution in [3.8, 4) is 17.2 Å². The van der Waals surface area contributed by atoms with Gasteiger partial charge in [0.25, 0.3) is 5.56 Å². The Kier molecular flexibility index (Phi) is 7.68. The van der Waals surface area contributed by atoms with Crippen LogP contribution in [0.2, 0.25) is 0 Å². The number of methoxy groups -OCH3 is 2. The molecule has 212 valence electrons. The van der Waals surface area contributed by atoms with Gasteiger partial charge in [0, 0.05) is 28.7 Å². The van der Waals surface area contributed by atoms with Crippen LogP contribution >= 0.6 is 11.3 Å². The topological polar surface area (TPSA) is 84.1 Å². The molecular weight excluding hydrogens is 545 g/mol. The fraction of sp³-hybridized carbons (Fsp3) is 0.258. The molecule has 0 bridgehead atoms. The van der Waals surface area contributed by atoms with Crippen LogP contribution in [0.5, 0.6) is 11.5 Å². The molecular formula is C31H30FN3O5S. The number of hydrogen-bond acceptors (Lipinski definition) is 7. The zero-order valence-electron chi connectivity index (χ0n) is 23.6. The van der Waals surface area contributed by atoms with Crippen molar-refractivity contribution in [2.24, 2.45) is 4.99 Å². The number of aromatic nitrogens is 2. The van der Waals surface area contributed by atoms with Crippen LogP contribution in [0.25, 0.3) is 11.8 Å². The summed E-state index contributed by atoms with van der Waals surface area (Å²) in [5, 5.41) is 0. The molecule has 1 aliphatic rings. The molecule has 0 saturated heterocycles. The second-order valence-electron chi connectivity index (χ2n) is 9.55. The maximum Gasteiger partial charge on any atom is 0.338 e. The van der Waals surface area contributed by atoms with Gasteiger partial charge in [0.05, 0.1) is 36.6 Å². The number of carbonyl (C=O) groups is 1. The maximum atomic E-state index is 14.1. The van der Waals surface area contributed by atoms with E-state index in [1.54, 1.807) is 51.3 Å². The number of benzene rings is 2. The average molecular weight is 576 g/mol. The molecule has 4 aromatic rings. The van der Waals surface area contributed by atoms with E-state index in [-0.39, 0.29) is 23.6 Å². The van der Waals surface area contributed by atoms with Gasteiger partial charge in [-0.25, -0.2) is 14.2 Å². The predicted octanol–water partition coefficient (Wildman–Crippen LogP) is 4.36. The lowest BCUT2D eigenvalue weighted by Gasteiger charge is -2.26. The fourth-order valence-electron chi connectivity index (χ4n) is 5.19. The van der Waals surface area contributed by atoms with Crippen LogP contribution in [0.1, 0.15) is 42.4 Å². The van der Waals surface area contributed by atoms with Gasteiger partial charge in [0.1, 0.15) is 23.4 Å².